The minimum atomic E-state index is 0.391. The van der Waals surface area contributed by atoms with Crippen LogP contribution in [-0.4, -0.2) is 4.98 Å². The molecule has 2 N–H and O–H groups in total. The van der Waals surface area contributed by atoms with Gasteiger partial charge in [0.2, 0.25) is 5.88 Å². The van der Waals surface area contributed by atoms with Gasteiger partial charge in [-0.15, -0.1) is 0 Å². The van der Waals surface area contributed by atoms with Gasteiger partial charge in [-0.3, -0.25) is 0 Å². The van der Waals surface area contributed by atoms with E-state index in [4.69, 9.17) is 10.5 Å². The first-order valence-electron chi connectivity index (χ1n) is 6.64. The van der Waals surface area contributed by atoms with E-state index in [1.54, 1.807) is 6.20 Å². The van der Waals surface area contributed by atoms with Gasteiger partial charge in [-0.2, -0.15) is 0 Å². The molecule has 4 heteroatoms. The van der Waals surface area contributed by atoms with Gasteiger partial charge in [0.25, 0.3) is 0 Å². The number of hydrogen-bond acceptors (Lipinski definition) is 3. The summed E-state index contributed by atoms with van der Waals surface area (Å²) in [5.74, 6) is 1.81. The number of nitrogens with zero attached hydrogens (tertiary/aromatic N) is 1. The minimum absolute atomic E-state index is 0.391. The van der Waals surface area contributed by atoms with Gasteiger partial charge in [0.15, 0.2) is 0 Å². The standard InChI is InChI=1S/C16H19BrN2O/c1-10(2)14-5-4-11(3)6-15(14)20-16-12(8-18)7-13(17)9-19-16/h4-7,9-10H,8,18H2,1-3H3. The Balaban J connectivity index is 2.41. The fourth-order valence-corrected chi connectivity index (χ4v) is 2.40. The number of benzene rings is 1. The predicted octanol–water partition coefficient (Wildman–Crippen LogP) is 4.53. The predicted molar refractivity (Wildman–Crippen MR) is 85.2 cm³/mol. The Morgan fingerprint density at radius 2 is 2.05 bits per heavy atom. The van der Waals surface area contributed by atoms with Gasteiger partial charge in [-0.1, -0.05) is 26.0 Å². The molecule has 0 aliphatic rings. The second kappa shape index (κ2) is 6.37. The number of pyridine rings is 1. The lowest BCUT2D eigenvalue weighted by molar-refractivity contribution is 0.447. The molecule has 0 amide bonds. The first-order chi connectivity index (χ1) is 9.51. The second-order valence-electron chi connectivity index (χ2n) is 5.12. The van der Waals surface area contributed by atoms with Crippen LogP contribution in [0.1, 0.15) is 36.5 Å². The molecule has 0 bridgehead atoms. The highest BCUT2D eigenvalue weighted by molar-refractivity contribution is 9.10. The molecule has 0 atom stereocenters. The van der Waals surface area contributed by atoms with Crippen molar-refractivity contribution in [3.05, 3.63) is 51.6 Å². The van der Waals surface area contributed by atoms with Gasteiger partial charge in [0, 0.05) is 22.8 Å². The first-order valence-corrected chi connectivity index (χ1v) is 7.43. The Morgan fingerprint density at radius 1 is 1.30 bits per heavy atom. The van der Waals surface area contributed by atoms with Crippen LogP contribution in [0.5, 0.6) is 11.6 Å². The van der Waals surface area contributed by atoms with E-state index in [0.29, 0.717) is 18.3 Å². The van der Waals surface area contributed by atoms with E-state index in [2.05, 4.69) is 53.8 Å². The molecule has 106 valence electrons. The fourth-order valence-electron chi connectivity index (χ4n) is 2.02. The lowest BCUT2D eigenvalue weighted by Crippen LogP contribution is -2.03. The van der Waals surface area contributed by atoms with Crippen LogP contribution in [0.15, 0.2) is 34.9 Å². The van der Waals surface area contributed by atoms with Crippen molar-refractivity contribution in [2.45, 2.75) is 33.2 Å². The molecular weight excluding hydrogens is 316 g/mol. The Labute approximate surface area is 128 Å². The molecule has 0 aliphatic heterocycles. The van der Waals surface area contributed by atoms with Gasteiger partial charge in [0.05, 0.1) is 0 Å². The third kappa shape index (κ3) is 3.38. The zero-order valence-corrected chi connectivity index (χ0v) is 13.6. The molecular formula is C16H19BrN2O. The summed E-state index contributed by atoms with van der Waals surface area (Å²) in [4.78, 5) is 4.33. The smallest absolute Gasteiger partial charge is 0.223 e. The third-order valence-electron chi connectivity index (χ3n) is 3.11. The van der Waals surface area contributed by atoms with Crippen molar-refractivity contribution in [2.24, 2.45) is 5.73 Å². The number of aryl methyl sites for hydroxylation is 1. The summed E-state index contributed by atoms with van der Waals surface area (Å²) in [5.41, 5.74) is 8.98. The summed E-state index contributed by atoms with van der Waals surface area (Å²) >= 11 is 3.40. The van der Waals surface area contributed by atoms with E-state index in [9.17, 15) is 0 Å². The van der Waals surface area contributed by atoms with E-state index in [0.717, 1.165) is 21.3 Å². The number of halogens is 1. The topological polar surface area (TPSA) is 48.1 Å². The lowest BCUT2D eigenvalue weighted by Gasteiger charge is -2.15. The Kier molecular flexibility index (Phi) is 4.78. The molecule has 2 aromatic rings. The number of aromatic nitrogens is 1. The molecule has 1 aromatic carbocycles. The van der Waals surface area contributed by atoms with Crippen molar-refractivity contribution in [3.8, 4) is 11.6 Å². The lowest BCUT2D eigenvalue weighted by atomic mass is 10.0. The zero-order chi connectivity index (χ0) is 14.7. The zero-order valence-electron chi connectivity index (χ0n) is 12.0. The summed E-state index contributed by atoms with van der Waals surface area (Å²) in [6, 6.07) is 8.18. The van der Waals surface area contributed by atoms with Crippen molar-refractivity contribution in [3.63, 3.8) is 0 Å². The SMILES string of the molecule is Cc1ccc(C(C)C)c(Oc2ncc(Br)cc2CN)c1. The van der Waals surface area contributed by atoms with Crippen LogP contribution in [-0.2, 0) is 6.54 Å². The van der Waals surface area contributed by atoms with Crippen LogP contribution < -0.4 is 10.5 Å². The van der Waals surface area contributed by atoms with Crippen LogP contribution in [0.3, 0.4) is 0 Å². The van der Waals surface area contributed by atoms with Gasteiger partial charge in [-0.05, 0) is 52.0 Å². The molecule has 2 rings (SSSR count). The molecule has 20 heavy (non-hydrogen) atoms. The number of nitrogens with two attached hydrogens (primary N) is 1. The van der Waals surface area contributed by atoms with Gasteiger partial charge >= 0.3 is 0 Å². The second-order valence-corrected chi connectivity index (χ2v) is 6.04. The summed E-state index contributed by atoms with van der Waals surface area (Å²) in [7, 11) is 0. The highest BCUT2D eigenvalue weighted by atomic mass is 79.9. The highest BCUT2D eigenvalue weighted by Gasteiger charge is 2.12. The molecule has 0 saturated carbocycles. The Bertz CT molecular complexity index is 611. The van der Waals surface area contributed by atoms with Crippen molar-refractivity contribution >= 4 is 15.9 Å². The Hall–Kier alpha value is -1.39. The van der Waals surface area contributed by atoms with Crippen molar-refractivity contribution in [1.29, 1.82) is 0 Å². The Morgan fingerprint density at radius 3 is 2.70 bits per heavy atom. The van der Waals surface area contributed by atoms with Gasteiger partial charge in [-0.25, -0.2) is 4.98 Å². The number of rotatable bonds is 4. The summed E-state index contributed by atoms with van der Waals surface area (Å²) < 4.78 is 6.92. The largest absolute Gasteiger partial charge is 0.438 e. The fraction of sp³-hybridized carbons (Fsp3) is 0.312. The molecule has 0 spiro atoms. The van der Waals surface area contributed by atoms with Gasteiger partial charge in [0.1, 0.15) is 5.75 Å². The van der Waals surface area contributed by atoms with E-state index >= 15 is 0 Å². The minimum Gasteiger partial charge on any atom is -0.438 e. The number of ether oxygens (including phenoxy) is 1. The molecule has 0 radical (unpaired) electrons. The van der Waals surface area contributed by atoms with Gasteiger partial charge < -0.3 is 10.5 Å². The van der Waals surface area contributed by atoms with E-state index < -0.39 is 0 Å². The first kappa shape index (κ1) is 15.0. The van der Waals surface area contributed by atoms with E-state index in [-0.39, 0.29) is 0 Å². The average molecular weight is 335 g/mol. The quantitative estimate of drug-likeness (QED) is 0.893. The van der Waals surface area contributed by atoms with Crippen LogP contribution in [0.25, 0.3) is 0 Å². The highest BCUT2D eigenvalue weighted by Crippen LogP contribution is 2.32. The summed E-state index contributed by atoms with van der Waals surface area (Å²) in [6.07, 6.45) is 1.72. The molecule has 0 unspecified atom stereocenters. The van der Waals surface area contributed by atoms with Crippen LogP contribution in [0.2, 0.25) is 0 Å². The molecule has 0 saturated heterocycles. The van der Waals surface area contributed by atoms with Crippen LogP contribution in [0.4, 0.5) is 0 Å². The van der Waals surface area contributed by atoms with Crippen molar-refractivity contribution in [2.75, 3.05) is 0 Å². The molecule has 0 fully saturated rings. The molecule has 0 aliphatic carbocycles. The van der Waals surface area contributed by atoms with Crippen LogP contribution in [0, 0.1) is 6.92 Å². The molecule has 1 heterocycles. The maximum Gasteiger partial charge on any atom is 0.223 e. The molecule has 3 nitrogen and oxygen atoms in total. The van der Waals surface area contributed by atoms with Crippen LogP contribution >= 0.6 is 15.9 Å². The maximum absolute atomic E-state index is 6.02. The normalized spacial score (nSPS) is 10.9. The monoisotopic (exact) mass is 334 g/mol. The number of hydrogen-bond donors (Lipinski definition) is 1. The summed E-state index contributed by atoms with van der Waals surface area (Å²) in [6.45, 7) is 6.74. The maximum atomic E-state index is 6.02. The van der Waals surface area contributed by atoms with E-state index in [1.165, 1.54) is 5.56 Å². The average Bonchev–Trinajstić information content (AvgIpc) is 2.40. The van der Waals surface area contributed by atoms with Crippen molar-refractivity contribution < 1.29 is 4.74 Å². The third-order valence-corrected chi connectivity index (χ3v) is 3.54. The van der Waals surface area contributed by atoms with E-state index in [1.807, 2.05) is 12.1 Å². The molecule has 1 aromatic heterocycles. The summed E-state index contributed by atoms with van der Waals surface area (Å²) in [5, 5.41) is 0. The van der Waals surface area contributed by atoms with Crippen molar-refractivity contribution in [1.82, 2.24) is 4.98 Å².